The zero-order valence-corrected chi connectivity index (χ0v) is 18.0. The summed E-state index contributed by atoms with van der Waals surface area (Å²) in [6, 6.07) is 16.1. The molecule has 1 aliphatic rings. The Hall–Kier alpha value is -2.30. The van der Waals surface area contributed by atoms with Crippen molar-refractivity contribution in [1.29, 1.82) is 0 Å². The molecule has 0 bridgehead atoms. The van der Waals surface area contributed by atoms with Gasteiger partial charge >= 0.3 is 5.97 Å². The van der Waals surface area contributed by atoms with E-state index in [1.165, 1.54) is 44.9 Å². The van der Waals surface area contributed by atoms with E-state index < -0.39 is 5.97 Å². The van der Waals surface area contributed by atoms with E-state index in [4.69, 9.17) is 11.6 Å². The zero-order valence-electron chi connectivity index (χ0n) is 17.2. The first-order chi connectivity index (χ1) is 14.6. The standard InChI is InChI=1S/C25H29ClN2O2/c26-19-14-12-18(13-15-19)17-28-23-11-7-6-10-21(23)22(24(28)25(29)30)16-27-20-8-4-2-1-3-5-9-20/h6-7,10-15,20,27H,1-5,8-9,16-17H2,(H,29,30). The second-order valence-corrected chi connectivity index (χ2v) is 8.72. The molecule has 2 aromatic carbocycles. The smallest absolute Gasteiger partial charge is 0.352 e. The summed E-state index contributed by atoms with van der Waals surface area (Å²) in [5, 5.41) is 15.5. The summed E-state index contributed by atoms with van der Waals surface area (Å²) < 4.78 is 1.93. The average Bonchev–Trinajstić information content (AvgIpc) is 3.03. The first kappa shape index (κ1) is 21.0. The van der Waals surface area contributed by atoms with Crippen molar-refractivity contribution in [3.8, 4) is 0 Å². The minimum absolute atomic E-state index is 0.379. The van der Waals surface area contributed by atoms with Gasteiger partial charge in [-0.2, -0.15) is 0 Å². The lowest BCUT2D eigenvalue weighted by molar-refractivity contribution is 0.0684. The fourth-order valence-electron chi connectivity index (χ4n) is 4.64. The summed E-state index contributed by atoms with van der Waals surface area (Å²) in [5.41, 5.74) is 3.25. The van der Waals surface area contributed by atoms with Crippen LogP contribution in [0, 0.1) is 0 Å². The number of hydrogen-bond acceptors (Lipinski definition) is 2. The van der Waals surface area contributed by atoms with Gasteiger partial charge in [-0.3, -0.25) is 0 Å². The van der Waals surface area contributed by atoms with Crippen molar-refractivity contribution in [2.75, 3.05) is 0 Å². The summed E-state index contributed by atoms with van der Waals surface area (Å²) in [4.78, 5) is 12.3. The number of halogens is 1. The molecule has 1 aromatic heterocycles. The Labute approximate surface area is 182 Å². The second kappa shape index (κ2) is 9.67. The maximum Gasteiger partial charge on any atom is 0.352 e. The van der Waals surface area contributed by atoms with Crippen LogP contribution in [0.3, 0.4) is 0 Å². The number of aromatic nitrogens is 1. The average molecular weight is 425 g/mol. The number of benzene rings is 2. The third-order valence-electron chi connectivity index (χ3n) is 6.20. The van der Waals surface area contributed by atoms with Crippen molar-refractivity contribution in [2.24, 2.45) is 0 Å². The van der Waals surface area contributed by atoms with Gasteiger partial charge in [0.15, 0.2) is 0 Å². The van der Waals surface area contributed by atoms with Crippen LogP contribution in [0.2, 0.25) is 5.02 Å². The predicted octanol–water partition coefficient (Wildman–Crippen LogP) is 6.24. The topological polar surface area (TPSA) is 54.3 Å². The van der Waals surface area contributed by atoms with Crippen molar-refractivity contribution in [2.45, 2.75) is 64.1 Å². The van der Waals surface area contributed by atoms with Crippen molar-refractivity contribution >= 4 is 28.5 Å². The zero-order chi connectivity index (χ0) is 20.9. The molecule has 0 saturated heterocycles. The van der Waals surface area contributed by atoms with Crippen LogP contribution in [-0.2, 0) is 13.1 Å². The number of para-hydroxylation sites is 1. The van der Waals surface area contributed by atoms with Gasteiger partial charge in [-0.15, -0.1) is 0 Å². The van der Waals surface area contributed by atoms with E-state index in [1.807, 2.05) is 53.1 Å². The number of hydrogen-bond donors (Lipinski definition) is 2. The maximum absolute atomic E-state index is 12.3. The third-order valence-corrected chi connectivity index (χ3v) is 6.46. The van der Waals surface area contributed by atoms with Crippen molar-refractivity contribution < 1.29 is 9.90 Å². The van der Waals surface area contributed by atoms with Crippen molar-refractivity contribution in [3.05, 3.63) is 70.4 Å². The molecule has 4 rings (SSSR count). The summed E-state index contributed by atoms with van der Waals surface area (Å²) in [6.45, 7) is 1.09. The van der Waals surface area contributed by atoms with Crippen LogP contribution in [-0.4, -0.2) is 21.7 Å². The molecule has 5 heteroatoms. The Bertz CT molecular complexity index is 1000. The molecule has 3 aromatic rings. The largest absolute Gasteiger partial charge is 0.477 e. The van der Waals surface area contributed by atoms with Crippen LogP contribution >= 0.6 is 11.6 Å². The van der Waals surface area contributed by atoms with Gasteiger partial charge < -0.3 is 15.0 Å². The minimum Gasteiger partial charge on any atom is -0.477 e. The fourth-order valence-corrected chi connectivity index (χ4v) is 4.77. The molecule has 4 nitrogen and oxygen atoms in total. The normalized spacial score (nSPS) is 15.8. The van der Waals surface area contributed by atoms with E-state index in [-0.39, 0.29) is 0 Å². The summed E-state index contributed by atoms with van der Waals surface area (Å²) >= 11 is 6.02. The van der Waals surface area contributed by atoms with Crippen LogP contribution in [0.5, 0.6) is 0 Å². The summed E-state index contributed by atoms with van der Waals surface area (Å²) in [5.74, 6) is -0.880. The highest BCUT2D eigenvalue weighted by Gasteiger charge is 2.23. The van der Waals surface area contributed by atoms with Crippen molar-refractivity contribution in [1.82, 2.24) is 9.88 Å². The number of carboxylic acids is 1. The second-order valence-electron chi connectivity index (χ2n) is 8.29. The van der Waals surface area contributed by atoms with Crippen LogP contribution in [0.1, 0.15) is 66.6 Å². The Morgan fingerprint density at radius 2 is 1.67 bits per heavy atom. The Morgan fingerprint density at radius 1 is 1.00 bits per heavy atom. The Morgan fingerprint density at radius 3 is 2.37 bits per heavy atom. The van der Waals surface area contributed by atoms with Gasteiger partial charge in [-0.25, -0.2) is 4.79 Å². The Balaban J connectivity index is 1.67. The quantitative estimate of drug-likeness (QED) is 0.492. The molecule has 0 atom stereocenters. The minimum atomic E-state index is -0.880. The molecule has 0 unspecified atom stereocenters. The molecule has 1 fully saturated rings. The number of carbonyl (C=O) groups is 1. The van der Waals surface area contributed by atoms with Gasteiger partial charge in [0.1, 0.15) is 5.69 Å². The van der Waals surface area contributed by atoms with Gasteiger partial charge in [-0.05, 0) is 36.6 Å². The summed E-state index contributed by atoms with van der Waals surface area (Å²) in [6.07, 6.45) is 8.80. The van der Waals surface area contributed by atoms with E-state index in [1.54, 1.807) is 0 Å². The third kappa shape index (κ3) is 4.71. The van der Waals surface area contributed by atoms with Gasteiger partial charge in [0.2, 0.25) is 0 Å². The first-order valence-electron chi connectivity index (χ1n) is 10.9. The molecule has 0 amide bonds. The molecule has 1 heterocycles. The molecule has 30 heavy (non-hydrogen) atoms. The molecule has 0 spiro atoms. The van der Waals surface area contributed by atoms with Gasteiger partial charge in [0.25, 0.3) is 0 Å². The molecule has 0 aliphatic heterocycles. The van der Waals surface area contributed by atoms with Crippen LogP contribution in [0.15, 0.2) is 48.5 Å². The first-order valence-corrected chi connectivity index (χ1v) is 11.3. The van der Waals surface area contributed by atoms with E-state index >= 15 is 0 Å². The van der Waals surface area contributed by atoms with Crippen LogP contribution in [0.4, 0.5) is 0 Å². The molecule has 158 valence electrons. The molecule has 0 radical (unpaired) electrons. The molecular formula is C25H29ClN2O2. The lowest BCUT2D eigenvalue weighted by Gasteiger charge is -2.21. The van der Waals surface area contributed by atoms with E-state index in [0.29, 0.717) is 29.8 Å². The number of carboxylic acid groups (broad SMARTS) is 1. The number of fused-ring (bicyclic) bond motifs is 1. The van der Waals surface area contributed by atoms with Gasteiger partial charge in [0.05, 0.1) is 0 Å². The SMILES string of the molecule is O=C(O)c1c(CNC2CCCCCCC2)c2ccccc2n1Cc1ccc(Cl)cc1. The number of rotatable bonds is 6. The fraction of sp³-hybridized carbons (Fsp3) is 0.400. The highest BCUT2D eigenvalue weighted by atomic mass is 35.5. The number of aromatic carboxylic acids is 1. The van der Waals surface area contributed by atoms with Crippen LogP contribution < -0.4 is 5.32 Å². The number of nitrogens with one attached hydrogen (secondary N) is 1. The molecule has 2 N–H and O–H groups in total. The molecule has 1 saturated carbocycles. The lowest BCUT2D eigenvalue weighted by Crippen LogP contribution is -2.30. The monoisotopic (exact) mass is 424 g/mol. The van der Waals surface area contributed by atoms with Crippen LogP contribution in [0.25, 0.3) is 10.9 Å². The highest BCUT2D eigenvalue weighted by molar-refractivity contribution is 6.30. The van der Waals surface area contributed by atoms with Crippen molar-refractivity contribution in [3.63, 3.8) is 0 Å². The molecular weight excluding hydrogens is 396 g/mol. The Kier molecular flexibility index (Phi) is 6.76. The number of nitrogens with zero attached hydrogens (tertiary/aromatic N) is 1. The molecule has 1 aliphatic carbocycles. The highest BCUT2D eigenvalue weighted by Crippen LogP contribution is 2.28. The van der Waals surface area contributed by atoms with E-state index in [2.05, 4.69) is 5.32 Å². The van der Waals surface area contributed by atoms with E-state index in [0.717, 1.165) is 22.0 Å². The summed E-state index contributed by atoms with van der Waals surface area (Å²) in [7, 11) is 0. The predicted molar refractivity (Wildman–Crippen MR) is 122 cm³/mol. The maximum atomic E-state index is 12.3. The van der Waals surface area contributed by atoms with E-state index in [9.17, 15) is 9.90 Å². The lowest BCUT2D eigenvalue weighted by atomic mass is 9.96. The van der Waals surface area contributed by atoms with Gasteiger partial charge in [-0.1, -0.05) is 74.0 Å². The van der Waals surface area contributed by atoms with Gasteiger partial charge in [0, 0.05) is 40.6 Å².